The van der Waals surface area contributed by atoms with Gasteiger partial charge in [-0.25, -0.2) is 9.59 Å². The molecule has 390 valence electrons. The first-order valence-corrected chi connectivity index (χ1v) is 24.5. The van der Waals surface area contributed by atoms with Gasteiger partial charge in [-0.1, -0.05) is 6.08 Å². The third-order valence-corrected chi connectivity index (χ3v) is 11.4. The summed E-state index contributed by atoms with van der Waals surface area (Å²) in [7, 11) is 0. The number of rotatable bonds is 7. The van der Waals surface area contributed by atoms with Gasteiger partial charge in [0.1, 0.15) is 46.9 Å². The van der Waals surface area contributed by atoms with Crippen LogP contribution in [-0.2, 0) is 46.4 Å². The molecule has 24 heteroatoms. The first kappa shape index (κ1) is 54.3. The van der Waals surface area contributed by atoms with Gasteiger partial charge in [0, 0.05) is 63.7 Å². The van der Waals surface area contributed by atoms with Crippen molar-refractivity contribution in [3.05, 3.63) is 48.7 Å². The van der Waals surface area contributed by atoms with Crippen LogP contribution in [0.15, 0.2) is 20.4 Å². The zero-order valence-corrected chi connectivity index (χ0v) is 45.1. The average Bonchev–Trinajstić information content (AvgIpc) is 3.87. The quantitative estimate of drug-likeness (QED) is 0.179. The van der Waals surface area contributed by atoms with Gasteiger partial charge in [0.15, 0.2) is 5.82 Å². The van der Waals surface area contributed by atoms with Crippen molar-refractivity contribution in [2.45, 2.75) is 139 Å². The molecule has 0 aromatic carbocycles. The molecular weight excluding hydrogens is 988 g/mol. The van der Waals surface area contributed by atoms with Gasteiger partial charge < -0.3 is 52.4 Å². The van der Waals surface area contributed by atoms with Gasteiger partial charge in [0.05, 0.1) is 13.2 Å². The Hall–Kier alpha value is -6.04. The molecule has 3 aliphatic rings. The monoisotopic (exact) mass is 1060 g/mol. The first-order chi connectivity index (χ1) is 32.9. The van der Waals surface area contributed by atoms with Crippen LogP contribution in [0.3, 0.4) is 0 Å². The lowest BCUT2D eigenvalue weighted by molar-refractivity contribution is -0.156. The number of aromatic nitrogens is 8. The van der Waals surface area contributed by atoms with Crippen LogP contribution in [0.25, 0.3) is 17.1 Å². The number of amides is 2. The zero-order valence-electron chi connectivity index (χ0n) is 43.5. The molecule has 7 heterocycles. The average molecular weight is 1060 g/mol. The summed E-state index contributed by atoms with van der Waals surface area (Å²) in [5.41, 5.74) is -0.253. The fourth-order valence-electron chi connectivity index (χ4n) is 8.13. The van der Waals surface area contributed by atoms with Crippen LogP contribution in [0.4, 0.5) is 21.0 Å². The number of hydrogen-bond donors (Lipinski definition) is 0. The van der Waals surface area contributed by atoms with Crippen LogP contribution in [0.1, 0.15) is 107 Å². The third-order valence-electron chi connectivity index (χ3n) is 11.1. The maximum Gasteiger partial charge on any atom is 0.410 e. The van der Waals surface area contributed by atoms with Crippen LogP contribution in [0.2, 0.25) is 0 Å². The highest BCUT2D eigenvalue weighted by Crippen LogP contribution is 2.25. The van der Waals surface area contributed by atoms with Crippen molar-refractivity contribution in [1.82, 2.24) is 48.1 Å². The van der Waals surface area contributed by atoms with Crippen LogP contribution < -0.4 is 20.9 Å². The Morgan fingerprint density at radius 2 is 0.986 bits per heavy atom. The molecule has 0 aliphatic carbocycles. The second-order valence-electron chi connectivity index (χ2n) is 21.5. The Balaban J connectivity index is 0.000000235. The van der Waals surface area contributed by atoms with Crippen LogP contribution in [0, 0.1) is 13.8 Å². The minimum absolute atomic E-state index is 0.122. The lowest BCUT2D eigenvalue weighted by atomic mass is 10.1. The molecule has 3 aliphatic heterocycles. The molecule has 0 atom stereocenters. The van der Waals surface area contributed by atoms with Gasteiger partial charge in [-0.05, 0) is 125 Å². The summed E-state index contributed by atoms with van der Waals surface area (Å²) in [4.78, 5) is 93.4. The summed E-state index contributed by atoms with van der Waals surface area (Å²) in [5, 5.41) is 8.70. The number of anilines is 2. The number of hydrogen-bond acceptors (Lipinski definition) is 17. The van der Waals surface area contributed by atoms with E-state index in [1.165, 1.54) is 9.03 Å². The minimum atomic E-state index is -0.660. The molecule has 2 fully saturated rings. The van der Waals surface area contributed by atoms with Crippen molar-refractivity contribution >= 4 is 68.6 Å². The van der Waals surface area contributed by atoms with E-state index in [2.05, 4.69) is 36.1 Å². The van der Waals surface area contributed by atoms with Crippen molar-refractivity contribution in [2.24, 2.45) is 0 Å². The van der Waals surface area contributed by atoms with Gasteiger partial charge in [-0.2, -0.15) is 19.0 Å². The standard InChI is InChI=1S/C26H38N6O6.C21H31BrN6O5/c1-17-20(29-10-12-30(13-11-29)24(35)38-26(5,6)7)22(34)32-23(31(17)16-19(33)37-25(2,3)4)27-21(28-32)18-8-14-36-15-9-18;1-13-15(25-8-10-26(11-9-25)19(31)33-21(5,6)7)16(30)28-18(23-17(22)24-28)27(13)12-14(29)32-20(2,3)4/h8H,9-16H2,1-7H3;8-12H2,1-7H3. The number of fused-ring (bicyclic) bond motifs is 2. The maximum atomic E-state index is 13.8. The summed E-state index contributed by atoms with van der Waals surface area (Å²) in [5.74, 6) is 0.0653. The summed E-state index contributed by atoms with van der Waals surface area (Å²) >= 11 is 3.22. The van der Waals surface area contributed by atoms with E-state index in [-0.39, 0.29) is 52.7 Å². The van der Waals surface area contributed by atoms with E-state index in [9.17, 15) is 28.8 Å². The Bertz CT molecular complexity index is 2800. The van der Waals surface area contributed by atoms with E-state index < -0.39 is 34.3 Å². The molecule has 4 aromatic rings. The molecule has 23 nitrogen and oxygen atoms in total. The largest absolute Gasteiger partial charge is 0.459 e. The lowest BCUT2D eigenvalue weighted by Gasteiger charge is -2.37. The van der Waals surface area contributed by atoms with Crippen molar-refractivity contribution < 1.29 is 42.9 Å². The fourth-order valence-corrected chi connectivity index (χ4v) is 8.45. The summed E-state index contributed by atoms with van der Waals surface area (Å²) in [6.45, 7) is 29.4. The van der Waals surface area contributed by atoms with Crippen LogP contribution in [0.5, 0.6) is 0 Å². The first-order valence-electron chi connectivity index (χ1n) is 23.7. The number of ether oxygens (including phenoxy) is 5. The molecule has 7 rings (SSSR count). The molecule has 0 bridgehead atoms. The highest BCUT2D eigenvalue weighted by atomic mass is 79.9. The molecule has 71 heavy (non-hydrogen) atoms. The van der Waals surface area contributed by atoms with E-state index in [4.69, 9.17) is 23.7 Å². The second kappa shape index (κ2) is 21.0. The fraction of sp³-hybridized carbons (Fsp3) is 0.660. The number of esters is 2. The predicted molar refractivity (Wildman–Crippen MR) is 267 cm³/mol. The molecular formula is C47H69BrN12O11. The number of carbonyl (C=O) groups excluding carboxylic acids is 4. The van der Waals surface area contributed by atoms with E-state index in [1.807, 2.05) is 57.4 Å². The van der Waals surface area contributed by atoms with Crippen molar-refractivity contribution in [1.29, 1.82) is 0 Å². The third kappa shape index (κ3) is 13.7. The Kier molecular flexibility index (Phi) is 16.0. The normalized spacial score (nSPS) is 16.1. The van der Waals surface area contributed by atoms with Gasteiger partial charge in [-0.3, -0.25) is 19.2 Å². The molecule has 0 N–H and O–H groups in total. The van der Waals surface area contributed by atoms with Crippen molar-refractivity contribution in [3.63, 3.8) is 0 Å². The minimum Gasteiger partial charge on any atom is -0.459 e. The zero-order chi connectivity index (χ0) is 52.5. The lowest BCUT2D eigenvalue weighted by Crippen LogP contribution is -2.51. The Labute approximate surface area is 421 Å². The van der Waals surface area contributed by atoms with E-state index in [0.717, 1.165) is 5.57 Å². The summed E-state index contributed by atoms with van der Waals surface area (Å²) in [6.07, 6.45) is 1.79. The highest BCUT2D eigenvalue weighted by molar-refractivity contribution is 9.10. The van der Waals surface area contributed by atoms with Gasteiger partial charge in [-0.15, -0.1) is 10.2 Å². The van der Waals surface area contributed by atoms with Gasteiger partial charge >= 0.3 is 24.1 Å². The van der Waals surface area contributed by atoms with Gasteiger partial charge in [0.25, 0.3) is 11.1 Å². The maximum absolute atomic E-state index is 13.8. The molecule has 0 saturated carbocycles. The smallest absolute Gasteiger partial charge is 0.410 e. The van der Waals surface area contributed by atoms with Crippen molar-refractivity contribution in [3.8, 4) is 0 Å². The molecule has 0 radical (unpaired) electrons. The van der Waals surface area contributed by atoms with E-state index >= 15 is 0 Å². The summed E-state index contributed by atoms with van der Waals surface area (Å²) < 4.78 is 33.4. The van der Waals surface area contributed by atoms with E-state index in [0.29, 0.717) is 101 Å². The summed E-state index contributed by atoms with van der Waals surface area (Å²) in [6, 6.07) is 0. The SMILES string of the molecule is Cc1c(N2CCN(C(=O)OC(C)(C)C)CC2)c(=O)n2nc(Br)nc2n1CC(=O)OC(C)(C)C.Cc1c(N2CCN(C(=O)OC(C)(C)C)CC2)c(=O)n2nc(C3=CCOCC3)nc2n1CC(=O)OC(C)(C)C. The molecule has 2 saturated heterocycles. The number of carbonyl (C=O) groups is 4. The highest BCUT2D eigenvalue weighted by Gasteiger charge is 2.33. The predicted octanol–water partition coefficient (Wildman–Crippen LogP) is 4.76. The van der Waals surface area contributed by atoms with Crippen molar-refractivity contribution in [2.75, 3.05) is 75.4 Å². The second-order valence-corrected chi connectivity index (χ2v) is 22.2. The molecule has 2 amide bonds. The van der Waals surface area contributed by atoms with E-state index in [1.54, 1.807) is 74.3 Å². The molecule has 0 spiro atoms. The molecule has 4 aromatic heterocycles. The number of nitrogens with zero attached hydrogens (tertiary/aromatic N) is 12. The number of halogens is 1. The Morgan fingerprint density at radius 1 is 0.592 bits per heavy atom. The number of piperazine rings is 2. The topological polar surface area (TPSA) is 232 Å². The van der Waals surface area contributed by atoms with Crippen LogP contribution in [-0.4, -0.2) is 160 Å². The van der Waals surface area contributed by atoms with Gasteiger partial charge in [0.2, 0.25) is 16.3 Å². The Morgan fingerprint density at radius 3 is 1.37 bits per heavy atom. The van der Waals surface area contributed by atoms with Crippen LogP contribution >= 0.6 is 15.9 Å². The molecule has 0 unspecified atom stereocenters.